The first-order valence-corrected chi connectivity index (χ1v) is 5.97. The normalized spacial score (nSPS) is 11.4. The molecule has 7 heteroatoms. The number of halogens is 2. The SMILES string of the molecule is CC(C)C(N)CCN(C)C(=O)Cn1cccn1.Cl.Cl. The minimum Gasteiger partial charge on any atom is -0.344 e. The van der Waals surface area contributed by atoms with Gasteiger partial charge in [-0.25, -0.2) is 0 Å². The third-order valence-corrected chi connectivity index (χ3v) is 2.94. The van der Waals surface area contributed by atoms with Crippen molar-refractivity contribution in [3.05, 3.63) is 18.5 Å². The largest absolute Gasteiger partial charge is 0.344 e. The molecule has 0 saturated heterocycles. The van der Waals surface area contributed by atoms with E-state index in [0.717, 1.165) is 6.42 Å². The van der Waals surface area contributed by atoms with Gasteiger partial charge in [0.15, 0.2) is 0 Å². The number of hydrogen-bond acceptors (Lipinski definition) is 3. The molecule has 0 aromatic carbocycles. The molecule has 1 aromatic heterocycles. The molecule has 1 heterocycles. The molecule has 0 radical (unpaired) electrons. The van der Waals surface area contributed by atoms with Gasteiger partial charge in [0, 0.05) is 32.0 Å². The van der Waals surface area contributed by atoms with Crippen LogP contribution in [0.2, 0.25) is 0 Å². The van der Waals surface area contributed by atoms with Crippen molar-refractivity contribution >= 4 is 30.7 Å². The molecule has 0 fully saturated rings. The topological polar surface area (TPSA) is 64.2 Å². The zero-order chi connectivity index (χ0) is 12.8. The minimum absolute atomic E-state index is 0. The second kappa shape index (κ2) is 10.1. The summed E-state index contributed by atoms with van der Waals surface area (Å²) in [6.45, 7) is 5.17. The van der Waals surface area contributed by atoms with Gasteiger partial charge in [0.05, 0.1) is 0 Å². The molecule has 0 aliphatic carbocycles. The maximum atomic E-state index is 11.8. The standard InChI is InChI=1S/C12H22N4O.2ClH/c1-10(2)11(13)5-8-15(3)12(17)9-16-7-4-6-14-16;;/h4,6-7,10-11H,5,8-9,13H2,1-3H3;2*1H. The summed E-state index contributed by atoms with van der Waals surface area (Å²) in [7, 11) is 1.80. The summed E-state index contributed by atoms with van der Waals surface area (Å²) in [5.74, 6) is 0.509. The van der Waals surface area contributed by atoms with Crippen molar-refractivity contribution in [2.75, 3.05) is 13.6 Å². The van der Waals surface area contributed by atoms with E-state index in [2.05, 4.69) is 18.9 Å². The number of nitrogens with zero attached hydrogens (tertiary/aromatic N) is 3. The Morgan fingerprint density at radius 1 is 1.42 bits per heavy atom. The summed E-state index contributed by atoms with van der Waals surface area (Å²) >= 11 is 0. The lowest BCUT2D eigenvalue weighted by Crippen LogP contribution is -2.36. The van der Waals surface area contributed by atoms with E-state index in [4.69, 9.17) is 5.73 Å². The predicted octanol–water partition coefficient (Wildman–Crippen LogP) is 1.56. The smallest absolute Gasteiger partial charge is 0.244 e. The molecular formula is C12H24Cl2N4O. The monoisotopic (exact) mass is 310 g/mol. The van der Waals surface area contributed by atoms with Gasteiger partial charge >= 0.3 is 0 Å². The third-order valence-electron chi connectivity index (χ3n) is 2.94. The van der Waals surface area contributed by atoms with Gasteiger partial charge < -0.3 is 10.6 Å². The van der Waals surface area contributed by atoms with Crippen molar-refractivity contribution in [1.29, 1.82) is 0 Å². The Bertz CT molecular complexity index is 344. The summed E-state index contributed by atoms with van der Waals surface area (Å²) in [4.78, 5) is 13.5. The van der Waals surface area contributed by atoms with Gasteiger partial charge in [0.2, 0.25) is 5.91 Å². The van der Waals surface area contributed by atoms with E-state index in [1.54, 1.807) is 29.0 Å². The molecule has 1 aromatic rings. The number of carbonyl (C=O) groups is 1. The van der Waals surface area contributed by atoms with E-state index in [1.165, 1.54) is 0 Å². The second-order valence-corrected chi connectivity index (χ2v) is 4.72. The highest BCUT2D eigenvalue weighted by Gasteiger charge is 2.13. The van der Waals surface area contributed by atoms with E-state index >= 15 is 0 Å². The fourth-order valence-corrected chi connectivity index (χ4v) is 1.45. The molecule has 2 N–H and O–H groups in total. The van der Waals surface area contributed by atoms with Crippen molar-refractivity contribution in [1.82, 2.24) is 14.7 Å². The molecule has 112 valence electrons. The number of carbonyl (C=O) groups excluding carboxylic acids is 1. The Morgan fingerprint density at radius 3 is 2.53 bits per heavy atom. The van der Waals surface area contributed by atoms with Gasteiger partial charge in [-0.3, -0.25) is 9.48 Å². The molecule has 0 aliphatic heterocycles. The van der Waals surface area contributed by atoms with Gasteiger partial charge in [-0.15, -0.1) is 24.8 Å². The molecular weight excluding hydrogens is 287 g/mol. The summed E-state index contributed by atoms with van der Waals surface area (Å²) in [6, 6.07) is 1.96. The van der Waals surface area contributed by atoms with E-state index in [0.29, 0.717) is 19.0 Å². The highest BCUT2D eigenvalue weighted by molar-refractivity contribution is 5.85. The van der Waals surface area contributed by atoms with Crippen LogP contribution in [0.4, 0.5) is 0 Å². The summed E-state index contributed by atoms with van der Waals surface area (Å²) < 4.78 is 1.63. The van der Waals surface area contributed by atoms with Crippen LogP contribution < -0.4 is 5.73 Å². The van der Waals surface area contributed by atoms with E-state index in [-0.39, 0.29) is 36.8 Å². The minimum atomic E-state index is 0. The number of likely N-dealkylation sites (N-methyl/N-ethyl adjacent to an activating group) is 1. The molecule has 1 atom stereocenters. The second-order valence-electron chi connectivity index (χ2n) is 4.72. The summed E-state index contributed by atoms with van der Waals surface area (Å²) in [5, 5.41) is 4.01. The number of amides is 1. The Balaban J connectivity index is 0. The predicted molar refractivity (Wildman–Crippen MR) is 81.8 cm³/mol. The Labute approximate surface area is 127 Å². The van der Waals surface area contributed by atoms with Crippen LogP contribution in [0.15, 0.2) is 18.5 Å². The van der Waals surface area contributed by atoms with Crippen LogP contribution in [-0.2, 0) is 11.3 Å². The van der Waals surface area contributed by atoms with Gasteiger partial charge in [0.25, 0.3) is 0 Å². The summed E-state index contributed by atoms with van der Waals surface area (Å²) in [6.07, 6.45) is 4.28. The lowest BCUT2D eigenvalue weighted by atomic mass is 10.0. The van der Waals surface area contributed by atoms with Crippen LogP contribution in [0.25, 0.3) is 0 Å². The molecule has 5 nitrogen and oxygen atoms in total. The number of rotatable bonds is 6. The quantitative estimate of drug-likeness (QED) is 0.867. The third kappa shape index (κ3) is 7.40. The fourth-order valence-electron chi connectivity index (χ4n) is 1.45. The molecule has 0 bridgehead atoms. The number of nitrogens with two attached hydrogens (primary N) is 1. The van der Waals surface area contributed by atoms with E-state index < -0.39 is 0 Å². The van der Waals surface area contributed by atoms with E-state index in [9.17, 15) is 4.79 Å². The zero-order valence-corrected chi connectivity index (χ0v) is 13.3. The van der Waals surface area contributed by atoms with Crippen molar-refractivity contribution < 1.29 is 4.79 Å². The van der Waals surface area contributed by atoms with Crippen molar-refractivity contribution in [3.63, 3.8) is 0 Å². The van der Waals surface area contributed by atoms with Gasteiger partial charge in [-0.05, 0) is 18.4 Å². The lowest BCUT2D eigenvalue weighted by molar-refractivity contribution is -0.130. The van der Waals surface area contributed by atoms with Crippen LogP contribution in [0.3, 0.4) is 0 Å². The average molecular weight is 311 g/mol. The number of hydrogen-bond donors (Lipinski definition) is 1. The first kappa shape index (κ1) is 20.5. The van der Waals surface area contributed by atoms with Gasteiger partial charge in [-0.1, -0.05) is 13.8 Å². The molecule has 19 heavy (non-hydrogen) atoms. The zero-order valence-electron chi connectivity index (χ0n) is 11.7. The average Bonchev–Trinajstić information content (AvgIpc) is 2.77. The Kier molecular flexibility index (Phi) is 10.9. The van der Waals surface area contributed by atoms with Crippen molar-refractivity contribution in [2.24, 2.45) is 11.7 Å². The van der Waals surface area contributed by atoms with Crippen LogP contribution >= 0.6 is 24.8 Å². The van der Waals surface area contributed by atoms with Crippen molar-refractivity contribution in [3.8, 4) is 0 Å². The van der Waals surface area contributed by atoms with Crippen LogP contribution in [0.5, 0.6) is 0 Å². The Hall–Kier alpha value is -0.780. The lowest BCUT2D eigenvalue weighted by Gasteiger charge is -2.21. The molecule has 0 spiro atoms. The fraction of sp³-hybridized carbons (Fsp3) is 0.667. The van der Waals surface area contributed by atoms with Crippen molar-refractivity contribution in [2.45, 2.75) is 32.9 Å². The van der Waals surface area contributed by atoms with Gasteiger partial charge in [-0.2, -0.15) is 5.10 Å². The maximum absolute atomic E-state index is 11.8. The first-order valence-electron chi connectivity index (χ1n) is 5.97. The van der Waals surface area contributed by atoms with Crippen LogP contribution in [0.1, 0.15) is 20.3 Å². The molecule has 1 amide bonds. The highest BCUT2D eigenvalue weighted by atomic mass is 35.5. The molecule has 0 saturated carbocycles. The molecule has 0 aliphatic rings. The summed E-state index contributed by atoms with van der Waals surface area (Å²) in [5.41, 5.74) is 5.95. The van der Waals surface area contributed by atoms with E-state index in [1.807, 2.05) is 6.07 Å². The number of aromatic nitrogens is 2. The Morgan fingerprint density at radius 2 is 2.05 bits per heavy atom. The highest BCUT2D eigenvalue weighted by Crippen LogP contribution is 2.04. The van der Waals surface area contributed by atoms with Crippen LogP contribution in [0, 0.1) is 5.92 Å². The molecule has 1 unspecified atom stereocenters. The van der Waals surface area contributed by atoms with Crippen LogP contribution in [-0.4, -0.2) is 40.2 Å². The first-order chi connectivity index (χ1) is 8.00. The van der Waals surface area contributed by atoms with Gasteiger partial charge in [0.1, 0.15) is 6.54 Å². The maximum Gasteiger partial charge on any atom is 0.244 e. The molecule has 1 rings (SSSR count).